The highest BCUT2D eigenvalue weighted by Crippen LogP contribution is 2.31. The van der Waals surface area contributed by atoms with Crippen molar-refractivity contribution in [2.24, 2.45) is 5.73 Å². The predicted molar refractivity (Wildman–Crippen MR) is 125 cm³/mol. The monoisotopic (exact) mass is 512 g/mol. The van der Waals surface area contributed by atoms with Gasteiger partial charge in [0.05, 0.1) is 12.2 Å². The van der Waals surface area contributed by atoms with Gasteiger partial charge in [-0.1, -0.05) is 49.2 Å². The molecule has 0 saturated heterocycles. The van der Waals surface area contributed by atoms with Crippen molar-refractivity contribution in [1.29, 1.82) is 0 Å². The third kappa shape index (κ3) is 6.10. The van der Waals surface area contributed by atoms with E-state index in [1.54, 1.807) is 38.1 Å². The molecular weight excluding hydrogens is 491 g/mol. The van der Waals surface area contributed by atoms with Crippen LogP contribution in [0, 0.1) is 0 Å². The fourth-order valence-electron chi connectivity index (χ4n) is 3.17. The van der Waals surface area contributed by atoms with Gasteiger partial charge >= 0.3 is 16.2 Å². The maximum Gasteiger partial charge on any atom is 0.404 e. The zero-order chi connectivity index (χ0) is 24.3. The second-order valence-corrected chi connectivity index (χ2v) is 9.79. The van der Waals surface area contributed by atoms with E-state index in [2.05, 4.69) is 4.98 Å². The van der Waals surface area contributed by atoms with Gasteiger partial charge in [-0.05, 0) is 29.7 Å². The van der Waals surface area contributed by atoms with E-state index in [9.17, 15) is 13.2 Å². The molecule has 12 heteroatoms. The molecule has 4 N–H and O–H groups in total. The average Bonchev–Trinajstić information content (AvgIpc) is 3.04. The van der Waals surface area contributed by atoms with Gasteiger partial charge in [0.2, 0.25) is 0 Å². The Morgan fingerprint density at radius 2 is 1.82 bits per heavy atom. The van der Waals surface area contributed by atoms with Crippen LogP contribution in [0.1, 0.15) is 36.8 Å². The van der Waals surface area contributed by atoms with Gasteiger partial charge in [-0.25, -0.2) is 9.78 Å². The lowest BCUT2D eigenvalue weighted by Crippen LogP contribution is -2.20. The number of anilines is 1. The Bertz CT molecular complexity index is 1270. The Labute approximate surface area is 201 Å². The molecule has 176 valence electrons. The molecule has 0 aliphatic carbocycles. The summed E-state index contributed by atoms with van der Waals surface area (Å²) < 4.78 is 38.6. The van der Waals surface area contributed by atoms with Crippen molar-refractivity contribution in [3.8, 4) is 5.75 Å². The Hall–Kier alpha value is -2.95. The zero-order valence-electron chi connectivity index (χ0n) is 17.8. The molecule has 0 unspecified atom stereocenters. The molecule has 33 heavy (non-hydrogen) atoms. The van der Waals surface area contributed by atoms with E-state index in [4.69, 9.17) is 43.6 Å². The Balaban J connectivity index is 2.16. The summed E-state index contributed by atoms with van der Waals surface area (Å²) >= 11 is 12.0. The largest absolute Gasteiger partial charge is 0.442 e. The van der Waals surface area contributed by atoms with Crippen LogP contribution in [0.4, 0.5) is 10.5 Å². The van der Waals surface area contributed by atoms with Crippen LogP contribution in [0.5, 0.6) is 5.75 Å². The molecule has 0 radical (unpaired) electrons. The maximum absolute atomic E-state index is 13.5. The standard InChI is InChI=1S/C21H22Cl2N4O5S/c1-12(2)19-20(33(29,30)32-17-8-14(22)7-15(23)9-17)27(18(26-19)11-31-21(25)28)10-13-4-3-5-16(24)6-13/h3-9,12H,10-11,24H2,1-2H3,(H2,25,28). The average molecular weight is 513 g/mol. The lowest BCUT2D eigenvalue weighted by molar-refractivity contribution is 0.145. The molecule has 0 fully saturated rings. The molecule has 1 aromatic heterocycles. The van der Waals surface area contributed by atoms with E-state index in [0.717, 1.165) is 0 Å². The van der Waals surface area contributed by atoms with E-state index < -0.39 is 16.2 Å². The number of halogens is 2. The van der Waals surface area contributed by atoms with Crippen molar-refractivity contribution < 1.29 is 22.1 Å². The smallest absolute Gasteiger partial charge is 0.404 e. The summed E-state index contributed by atoms with van der Waals surface area (Å²) in [6.07, 6.45) is -1.02. The number of hydrogen-bond donors (Lipinski definition) is 2. The summed E-state index contributed by atoms with van der Waals surface area (Å²) in [5, 5.41) is 0.222. The first-order valence-electron chi connectivity index (χ1n) is 9.73. The second kappa shape index (κ2) is 9.90. The van der Waals surface area contributed by atoms with Gasteiger partial charge in [-0.2, -0.15) is 8.42 Å². The van der Waals surface area contributed by atoms with E-state index in [-0.39, 0.29) is 51.4 Å². The van der Waals surface area contributed by atoms with Gasteiger partial charge in [-0.3, -0.25) is 0 Å². The molecule has 9 nitrogen and oxygen atoms in total. The maximum atomic E-state index is 13.5. The topological polar surface area (TPSA) is 140 Å². The Morgan fingerprint density at radius 3 is 2.39 bits per heavy atom. The number of aromatic nitrogens is 2. The highest BCUT2D eigenvalue weighted by molar-refractivity contribution is 7.87. The summed E-state index contributed by atoms with van der Waals surface area (Å²) in [5.74, 6) is -0.198. The fourth-order valence-corrected chi connectivity index (χ4v) is 5.08. The number of nitrogens with zero attached hydrogens (tertiary/aromatic N) is 2. The number of nitrogen functional groups attached to an aromatic ring is 1. The quantitative estimate of drug-likeness (QED) is 0.338. The van der Waals surface area contributed by atoms with Crippen LogP contribution >= 0.6 is 23.2 Å². The SMILES string of the molecule is CC(C)c1nc(COC(N)=O)n(Cc2cccc(N)c2)c1S(=O)(=O)Oc1cc(Cl)cc(Cl)c1. The van der Waals surface area contributed by atoms with Gasteiger partial charge in [-0.15, -0.1) is 0 Å². The van der Waals surface area contributed by atoms with Crippen molar-refractivity contribution in [3.05, 3.63) is 69.6 Å². The minimum atomic E-state index is -4.42. The molecule has 0 spiro atoms. The van der Waals surface area contributed by atoms with Gasteiger partial charge in [0, 0.05) is 27.9 Å². The van der Waals surface area contributed by atoms with E-state index in [1.807, 2.05) is 0 Å². The normalized spacial score (nSPS) is 11.5. The number of ether oxygens (including phenoxy) is 1. The number of benzene rings is 2. The number of primary amides is 1. The number of rotatable bonds is 8. The number of nitrogens with two attached hydrogens (primary N) is 2. The lowest BCUT2D eigenvalue weighted by atomic mass is 10.1. The van der Waals surface area contributed by atoms with Crippen LogP contribution in [-0.2, 0) is 28.0 Å². The van der Waals surface area contributed by atoms with E-state index in [0.29, 0.717) is 11.3 Å². The predicted octanol–water partition coefficient (Wildman–Crippen LogP) is 4.31. The third-order valence-electron chi connectivity index (χ3n) is 4.49. The van der Waals surface area contributed by atoms with E-state index in [1.165, 1.54) is 22.8 Å². The molecule has 1 heterocycles. The highest BCUT2D eigenvalue weighted by atomic mass is 35.5. The summed E-state index contributed by atoms with van der Waals surface area (Å²) in [7, 11) is -4.42. The minimum absolute atomic E-state index is 0.0613. The van der Waals surface area contributed by atoms with Crippen LogP contribution in [-0.4, -0.2) is 24.1 Å². The molecule has 2 aromatic carbocycles. The minimum Gasteiger partial charge on any atom is -0.442 e. The van der Waals surface area contributed by atoms with Crippen molar-refractivity contribution in [1.82, 2.24) is 9.55 Å². The second-order valence-electron chi connectivity index (χ2n) is 7.45. The fraction of sp³-hybridized carbons (Fsp3) is 0.238. The third-order valence-corrected chi connectivity index (χ3v) is 6.24. The summed E-state index contributed by atoms with van der Waals surface area (Å²) in [5.41, 5.74) is 12.4. The lowest BCUT2D eigenvalue weighted by Gasteiger charge is -2.15. The molecule has 0 aliphatic heterocycles. The molecule has 3 rings (SSSR count). The van der Waals surface area contributed by atoms with Crippen molar-refractivity contribution in [2.45, 2.75) is 37.9 Å². The summed E-state index contributed by atoms with van der Waals surface area (Å²) in [6.45, 7) is 3.29. The van der Waals surface area contributed by atoms with Crippen LogP contribution in [0.3, 0.4) is 0 Å². The molecule has 1 amide bonds. The van der Waals surface area contributed by atoms with Crippen LogP contribution in [0.2, 0.25) is 10.0 Å². The number of amides is 1. The Kier molecular flexibility index (Phi) is 7.41. The molecule has 0 aliphatic rings. The number of hydrogen-bond acceptors (Lipinski definition) is 7. The summed E-state index contributed by atoms with van der Waals surface area (Å²) in [4.78, 5) is 15.6. The number of imidazole rings is 1. The van der Waals surface area contributed by atoms with Gasteiger partial charge in [0.1, 0.15) is 11.6 Å². The zero-order valence-corrected chi connectivity index (χ0v) is 20.1. The van der Waals surface area contributed by atoms with E-state index >= 15 is 0 Å². The highest BCUT2D eigenvalue weighted by Gasteiger charge is 2.32. The first-order chi connectivity index (χ1) is 15.5. The van der Waals surface area contributed by atoms with Crippen molar-refractivity contribution >= 4 is 45.1 Å². The van der Waals surface area contributed by atoms with Crippen molar-refractivity contribution in [3.63, 3.8) is 0 Å². The van der Waals surface area contributed by atoms with Crippen LogP contribution in [0.15, 0.2) is 47.5 Å². The Morgan fingerprint density at radius 1 is 1.15 bits per heavy atom. The summed E-state index contributed by atoms with van der Waals surface area (Å²) in [6, 6.07) is 11.0. The van der Waals surface area contributed by atoms with Gasteiger partial charge < -0.3 is 25.0 Å². The first kappa shape index (κ1) is 24.7. The van der Waals surface area contributed by atoms with Crippen molar-refractivity contribution in [2.75, 3.05) is 5.73 Å². The molecule has 0 saturated carbocycles. The molecule has 3 aromatic rings. The number of carbonyl (C=O) groups is 1. The van der Waals surface area contributed by atoms with Crippen LogP contribution in [0.25, 0.3) is 0 Å². The van der Waals surface area contributed by atoms with Gasteiger partial charge in [0.15, 0.2) is 11.6 Å². The molecular formula is C21H22Cl2N4O5S. The number of carbonyl (C=O) groups excluding carboxylic acids is 1. The van der Waals surface area contributed by atoms with Gasteiger partial charge in [0.25, 0.3) is 0 Å². The van der Waals surface area contributed by atoms with Crippen LogP contribution < -0.4 is 15.7 Å². The molecule has 0 bridgehead atoms. The first-order valence-corrected chi connectivity index (χ1v) is 11.9. The molecule has 0 atom stereocenters.